The Kier molecular flexibility index (Phi) is 3.97. The summed E-state index contributed by atoms with van der Waals surface area (Å²) in [5, 5.41) is 9.70. The van der Waals surface area contributed by atoms with E-state index in [1.165, 1.54) is 13.8 Å². The van der Waals surface area contributed by atoms with Gasteiger partial charge >= 0.3 is 18.3 Å². The van der Waals surface area contributed by atoms with Crippen LogP contribution >= 0.6 is 0 Å². The second-order valence-corrected chi connectivity index (χ2v) is 5.01. The van der Waals surface area contributed by atoms with Gasteiger partial charge in [0.15, 0.2) is 0 Å². The molecule has 1 saturated heterocycles. The average Bonchev–Trinajstić information content (AvgIpc) is 2.32. The lowest BCUT2D eigenvalue weighted by Gasteiger charge is -2.29. The summed E-state index contributed by atoms with van der Waals surface area (Å²) in [6, 6.07) is 2.66. The van der Waals surface area contributed by atoms with Gasteiger partial charge in [-0.3, -0.25) is 0 Å². The zero-order valence-corrected chi connectivity index (χ0v) is 11.9. The Labute approximate surface area is 128 Å². The molecule has 2 rings (SSSR count). The summed E-state index contributed by atoms with van der Waals surface area (Å²) in [6.45, 7) is 2.72. The molecule has 6 nitrogen and oxygen atoms in total. The molecule has 1 aliphatic heterocycles. The highest BCUT2D eigenvalue weighted by atomic mass is 19.4. The Morgan fingerprint density at radius 2 is 1.74 bits per heavy atom. The van der Waals surface area contributed by atoms with Gasteiger partial charge in [0, 0.05) is 25.5 Å². The van der Waals surface area contributed by atoms with Gasteiger partial charge in [0.05, 0.1) is 0 Å². The smallest absolute Gasteiger partial charge is 0.507 e. The third-order valence-electron chi connectivity index (χ3n) is 2.65. The van der Waals surface area contributed by atoms with Gasteiger partial charge in [0.2, 0.25) is 0 Å². The second-order valence-electron chi connectivity index (χ2n) is 5.01. The molecule has 0 atom stereocenters. The number of aromatic hydroxyl groups is 1. The third kappa shape index (κ3) is 4.15. The molecule has 0 amide bonds. The third-order valence-corrected chi connectivity index (χ3v) is 2.65. The van der Waals surface area contributed by atoms with Gasteiger partial charge in [-0.15, -0.1) is 13.2 Å². The van der Waals surface area contributed by atoms with Crippen molar-refractivity contribution in [1.29, 1.82) is 0 Å². The minimum atomic E-state index is -4.91. The van der Waals surface area contributed by atoms with E-state index in [1.54, 1.807) is 0 Å². The normalized spacial score (nSPS) is 17.3. The van der Waals surface area contributed by atoms with E-state index in [0.29, 0.717) is 6.07 Å². The summed E-state index contributed by atoms with van der Waals surface area (Å²) in [4.78, 5) is 23.5. The predicted molar refractivity (Wildman–Crippen MR) is 69.0 cm³/mol. The molecule has 1 N–H and O–H groups in total. The van der Waals surface area contributed by atoms with Crippen molar-refractivity contribution in [1.82, 2.24) is 0 Å². The van der Waals surface area contributed by atoms with Crippen LogP contribution in [0.15, 0.2) is 23.8 Å². The van der Waals surface area contributed by atoms with Crippen molar-refractivity contribution in [2.24, 2.45) is 0 Å². The average molecular weight is 332 g/mol. The molecule has 1 aromatic carbocycles. The maximum Gasteiger partial charge on any atom is 0.573 e. The van der Waals surface area contributed by atoms with E-state index in [2.05, 4.69) is 4.74 Å². The van der Waals surface area contributed by atoms with Gasteiger partial charge in [-0.25, -0.2) is 9.59 Å². The summed E-state index contributed by atoms with van der Waals surface area (Å²) in [5.41, 5.74) is -0.577. The van der Waals surface area contributed by atoms with Crippen LogP contribution < -0.4 is 4.74 Å². The lowest BCUT2D eigenvalue weighted by molar-refractivity contribution is -0.274. The molecule has 0 spiro atoms. The van der Waals surface area contributed by atoms with Crippen LogP contribution in [0.1, 0.15) is 19.4 Å². The number of carbonyl (C=O) groups excluding carboxylic acids is 2. The quantitative estimate of drug-likeness (QED) is 0.509. The van der Waals surface area contributed by atoms with Gasteiger partial charge in [-0.2, -0.15) is 0 Å². The van der Waals surface area contributed by atoms with Gasteiger partial charge in [0.1, 0.15) is 17.1 Å². The molecule has 0 aliphatic carbocycles. The fourth-order valence-corrected chi connectivity index (χ4v) is 1.78. The van der Waals surface area contributed by atoms with Crippen molar-refractivity contribution in [3.05, 3.63) is 29.3 Å². The zero-order chi connectivity index (χ0) is 17.4. The highest BCUT2D eigenvalue weighted by molar-refractivity contribution is 6.19. The van der Waals surface area contributed by atoms with Gasteiger partial charge in [-0.1, -0.05) is 0 Å². The number of benzene rings is 1. The summed E-state index contributed by atoms with van der Waals surface area (Å²) in [6.07, 6.45) is -3.96. The minimum absolute atomic E-state index is 0.0804. The van der Waals surface area contributed by atoms with Gasteiger partial charge in [0.25, 0.3) is 5.79 Å². The molecule has 0 saturated carbocycles. The molecular weight excluding hydrogens is 321 g/mol. The second kappa shape index (κ2) is 5.49. The Balaban J connectivity index is 2.29. The number of hydrogen-bond donors (Lipinski definition) is 1. The number of phenolic OH excluding ortho intramolecular Hbond substituents is 1. The van der Waals surface area contributed by atoms with Crippen molar-refractivity contribution in [3.8, 4) is 11.5 Å². The topological polar surface area (TPSA) is 82.1 Å². The van der Waals surface area contributed by atoms with E-state index >= 15 is 0 Å². The van der Waals surface area contributed by atoms with E-state index in [9.17, 15) is 27.9 Å². The number of rotatable bonds is 2. The monoisotopic (exact) mass is 332 g/mol. The summed E-state index contributed by atoms with van der Waals surface area (Å²) < 4.78 is 49.6. The Bertz CT molecular complexity index is 668. The van der Waals surface area contributed by atoms with Crippen molar-refractivity contribution >= 4 is 18.0 Å². The molecule has 124 valence electrons. The number of hydrogen-bond acceptors (Lipinski definition) is 6. The number of esters is 2. The Morgan fingerprint density at radius 3 is 2.22 bits per heavy atom. The lowest BCUT2D eigenvalue weighted by Crippen LogP contribution is -2.41. The van der Waals surface area contributed by atoms with Crippen molar-refractivity contribution in [3.63, 3.8) is 0 Å². The fourth-order valence-electron chi connectivity index (χ4n) is 1.78. The summed E-state index contributed by atoms with van der Waals surface area (Å²) in [7, 11) is 0. The first-order chi connectivity index (χ1) is 10.5. The van der Waals surface area contributed by atoms with Crippen molar-refractivity contribution < 1.29 is 42.1 Å². The highest BCUT2D eigenvalue weighted by Crippen LogP contribution is 2.31. The van der Waals surface area contributed by atoms with E-state index in [4.69, 9.17) is 9.47 Å². The van der Waals surface area contributed by atoms with Crippen LogP contribution in [0.3, 0.4) is 0 Å². The van der Waals surface area contributed by atoms with Crippen molar-refractivity contribution in [2.75, 3.05) is 0 Å². The predicted octanol–water partition coefficient (Wildman–Crippen LogP) is 2.51. The van der Waals surface area contributed by atoms with Gasteiger partial charge < -0.3 is 19.3 Å². The van der Waals surface area contributed by atoms with E-state index < -0.39 is 41.2 Å². The maximum absolute atomic E-state index is 12.1. The molecule has 0 radical (unpaired) electrons. The molecule has 1 aromatic rings. The number of halogens is 3. The molecule has 0 bridgehead atoms. The number of cyclic esters (lactones) is 2. The zero-order valence-electron chi connectivity index (χ0n) is 11.9. The molecule has 23 heavy (non-hydrogen) atoms. The molecule has 1 heterocycles. The van der Waals surface area contributed by atoms with Crippen LogP contribution in [-0.2, 0) is 19.1 Å². The first-order valence-corrected chi connectivity index (χ1v) is 6.24. The molecule has 1 aliphatic rings. The maximum atomic E-state index is 12.1. The first-order valence-electron chi connectivity index (χ1n) is 6.24. The summed E-state index contributed by atoms with van der Waals surface area (Å²) >= 11 is 0. The number of phenols is 1. The van der Waals surface area contributed by atoms with Crippen molar-refractivity contribution in [2.45, 2.75) is 26.0 Å². The standard InChI is InChI=1S/C14H11F3O6/c1-13(2)22-11(19)9(12(20)23-13)5-7-3-4-8(6-10(7)18)21-14(15,16)17/h3-6,18H,1-2H3. The SMILES string of the molecule is CC1(C)OC(=O)C(=Cc2ccc(OC(F)(F)F)cc2O)C(=O)O1. The minimum Gasteiger partial charge on any atom is -0.507 e. The lowest BCUT2D eigenvalue weighted by atomic mass is 10.1. The molecular formula is C14H11F3O6. The van der Waals surface area contributed by atoms with E-state index in [1.807, 2.05) is 0 Å². The molecule has 0 aromatic heterocycles. The van der Waals surface area contributed by atoms with E-state index in [0.717, 1.165) is 18.2 Å². The van der Waals surface area contributed by atoms with Crippen LogP contribution in [0.5, 0.6) is 11.5 Å². The molecule has 0 unspecified atom stereocenters. The summed E-state index contributed by atoms with van der Waals surface area (Å²) in [5.74, 6) is -4.63. The Hall–Kier alpha value is -2.71. The largest absolute Gasteiger partial charge is 0.573 e. The Morgan fingerprint density at radius 1 is 1.17 bits per heavy atom. The molecule has 9 heteroatoms. The van der Waals surface area contributed by atoms with Gasteiger partial charge in [-0.05, 0) is 18.2 Å². The number of ether oxygens (including phenoxy) is 3. The molecule has 1 fully saturated rings. The first kappa shape index (κ1) is 16.7. The van der Waals surface area contributed by atoms with Crippen LogP contribution in [0.2, 0.25) is 0 Å². The number of carbonyl (C=O) groups is 2. The highest BCUT2D eigenvalue weighted by Gasteiger charge is 2.39. The van der Waals surface area contributed by atoms with Crippen LogP contribution in [0.4, 0.5) is 13.2 Å². The number of alkyl halides is 3. The fraction of sp³-hybridized carbons (Fsp3) is 0.286. The van der Waals surface area contributed by atoms with E-state index in [-0.39, 0.29) is 5.56 Å². The van der Waals surface area contributed by atoms with Crippen LogP contribution in [0.25, 0.3) is 6.08 Å². The van der Waals surface area contributed by atoms with Crippen LogP contribution in [0, 0.1) is 0 Å². The van der Waals surface area contributed by atoms with Crippen LogP contribution in [-0.4, -0.2) is 29.2 Å².